The van der Waals surface area contributed by atoms with Gasteiger partial charge in [-0.2, -0.15) is 8.78 Å². The molecule has 1 aromatic heterocycles. The van der Waals surface area contributed by atoms with Crippen molar-refractivity contribution in [2.75, 3.05) is 0 Å². The second-order valence-electron chi connectivity index (χ2n) is 5.89. The van der Waals surface area contributed by atoms with Crippen molar-refractivity contribution >= 4 is 23.6 Å². The minimum Gasteiger partial charge on any atom is -0.481 e. The molecule has 2 N–H and O–H groups in total. The van der Waals surface area contributed by atoms with Gasteiger partial charge < -0.3 is 14.8 Å². The third-order valence-corrected chi connectivity index (χ3v) is 4.89. The molecule has 24 heavy (non-hydrogen) atoms. The highest BCUT2D eigenvalue weighted by atomic mass is 32.2. The Hall–Kier alpha value is -1.57. The fraction of sp³-hybridized carbons (Fsp3) is 0.625. The van der Waals surface area contributed by atoms with E-state index in [9.17, 15) is 18.4 Å². The van der Waals surface area contributed by atoms with Crippen LogP contribution in [-0.4, -0.2) is 28.8 Å². The Morgan fingerprint density at radius 3 is 2.79 bits per heavy atom. The molecular formula is C16H21F2NO4S. The number of amides is 1. The lowest BCUT2D eigenvalue weighted by molar-refractivity contribution is -0.137. The van der Waals surface area contributed by atoms with Crippen LogP contribution in [-0.2, 0) is 10.5 Å². The number of halogens is 2. The Kier molecular flexibility index (Phi) is 7.08. The van der Waals surface area contributed by atoms with Gasteiger partial charge in [0.25, 0.3) is 11.7 Å². The molecule has 1 aromatic rings. The van der Waals surface area contributed by atoms with E-state index in [-0.39, 0.29) is 35.8 Å². The zero-order chi connectivity index (χ0) is 17.5. The van der Waals surface area contributed by atoms with Gasteiger partial charge in [-0.25, -0.2) is 0 Å². The minimum atomic E-state index is -2.48. The summed E-state index contributed by atoms with van der Waals surface area (Å²) >= 11 is 0.440. The number of carboxylic acid groups (broad SMARTS) is 1. The Balaban J connectivity index is 1.90. The molecule has 1 amide bonds. The Bertz CT molecular complexity index is 564. The maximum atomic E-state index is 12.3. The molecule has 1 heterocycles. The molecular weight excluding hydrogens is 340 g/mol. The number of nitrogens with one attached hydrogen (secondary N) is 1. The molecule has 1 aliphatic rings. The molecule has 1 saturated carbocycles. The normalized spacial score (nSPS) is 21.0. The highest BCUT2D eigenvalue weighted by molar-refractivity contribution is 7.98. The summed E-state index contributed by atoms with van der Waals surface area (Å²) in [6, 6.07) is 2.92. The topological polar surface area (TPSA) is 79.5 Å². The first-order chi connectivity index (χ1) is 11.5. The van der Waals surface area contributed by atoms with Crippen LogP contribution in [0.1, 0.15) is 54.8 Å². The first-order valence-corrected chi connectivity index (χ1v) is 9.01. The van der Waals surface area contributed by atoms with E-state index < -0.39 is 11.7 Å². The molecule has 2 rings (SSSR count). The molecule has 5 nitrogen and oxygen atoms in total. The number of rotatable bonds is 8. The zero-order valence-electron chi connectivity index (χ0n) is 13.2. The van der Waals surface area contributed by atoms with E-state index in [0.29, 0.717) is 23.9 Å². The second-order valence-corrected chi connectivity index (χ2v) is 6.87. The molecule has 0 saturated heterocycles. The van der Waals surface area contributed by atoms with Crippen molar-refractivity contribution in [2.45, 2.75) is 56.1 Å². The lowest BCUT2D eigenvalue weighted by atomic mass is 9.81. The highest BCUT2D eigenvalue weighted by Crippen LogP contribution is 2.28. The number of thioether (sulfide) groups is 1. The number of aliphatic carboxylic acids is 1. The average Bonchev–Trinajstić information content (AvgIpc) is 3.01. The molecule has 0 spiro atoms. The molecule has 0 aliphatic heterocycles. The number of carbonyl (C=O) groups is 2. The highest BCUT2D eigenvalue weighted by Gasteiger charge is 2.28. The van der Waals surface area contributed by atoms with Crippen LogP contribution in [0.4, 0.5) is 8.78 Å². The van der Waals surface area contributed by atoms with Crippen LogP contribution < -0.4 is 5.32 Å². The summed E-state index contributed by atoms with van der Waals surface area (Å²) in [5.41, 5.74) is 0. The van der Waals surface area contributed by atoms with Gasteiger partial charge in [-0.3, -0.25) is 9.59 Å². The van der Waals surface area contributed by atoms with Crippen molar-refractivity contribution in [3.8, 4) is 0 Å². The number of hydrogen-bond donors (Lipinski definition) is 2. The number of carbonyl (C=O) groups excluding carboxylic acids is 1. The van der Waals surface area contributed by atoms with Crippen LogP contribution in [0.2, 0.25) is 0 Å². The van der Waals surface area contributed by atoms with Gasteiger partial charge in [0.05, 0.1) is 5.75 Å². The molecule has 0 aromatic carbocycles. The van der Waals surface area contributed by atoms with E-state index in [4.69, 9.17) is 9.52 Å². The van der Waals surface area contributed by atoms with Crippen LogP contribution in [0.5, 0.6) is 0 Å². The van der Waals surface area contributed by atoms with E-state index in [0.717, 1.165) is 25.7 Å². The van der Waals surface area contributed by atoms with Gasteiger partial charge in [-0.1, -0.05) is 24.6 Å². The fourth-order valence-electron chi connectivity index (χ4n) is 3.01. The predicted octanol–water partition coefficient (Wildman–Crippen LogP) is 3.89. The van der Waals surface area contributed by atoms with Crippen LogP contribution in [0.15, 0.2) is 16.5 Å². The maximum absolute atomic E-state index is 12.3. The lowest BCUT2D eigenvalue weighted by Gasteiger charge is -2.31. The first-order valence-electron chi connectivity index (χ1n) is 7.97. The molecule has 1 fully saturated rings. The molecule has 1 aliphatic carbocycles. The number of hydrogen-bond acceptors (Lipinski definition) is 4. The quantitative estimate of drug-likeness (QED) is 0.734. The SMILES string of the molecule is O=C(O)CCC1CCCCC1NC(=O)c1ccc(CSC(F)F)o1. The summed E-state index contributed by atoms with van der Waals surface area (Å²) < 4.78 is 29.6. The number of furan rings is 1. The van der Waals surface area contributed by atoms with E-state index in [1.807, 2.05) is 0 Å². The van der Waals surface area contributed by atoms with E-state index in [1.54, 1.807) is 0 Å². The summed E-state index contributed by atoms with van der Waals surface area (Å²) in [6.45, 7) is 0. The van der Waals surface area contributed by atoms with Gasteiger partial charge >= 0.3 is 5.97 Å². The van der Waals surface area contributed by atoms with Gasteiger partial charge in [-0.05, 0) is 37.3 Å². The third-order valence-electron chi connectivity index (χ3n) is 4.19. The standard InChI is InChI=1S/C16H21F2NO4S/c17-16(18)24-9-11-6-7-13(23-11)15(22)19-12-4-2-1-3-10(12)5-8-14(20)21/h6-7,10,12,16H,1-5,8-9H2,(H,19,22)(H,20,21). The predicted molar refractivity (Wildman–Crippen MR) is 86.1 cm³/mol. The van der Waals surface area contributed by atoms with Crippen LogP contribution in [0.3, 0.4) is 0 Å². The molecule has 2 unspecified atom stereocenters. The maximum Gasteiger partial charge on any atom is 0.303 e. The Morgan fingerprint density at radius 2 is 2.08 bits per heavy atom. The van der Waals surface area contributed by atoms with Gasteiger partial charge in [0, 0.05) is 12.5 Å². The summed E-state index contributed by atoms with van der Waals surface area (Å²) in [5.74, 6) is -3.12. The average molecular weight is 361 g/mol. The minimum absolute atomic E-state index is 0.00954. The summed E-state index contributed by atoms with van der Waals surface area (Å²) in [7, 11) is 0. The number of carboxylic acids is 1. The first kappa shape index (κ1) is 18.8. The van der Waals surface area contributed by atoms with Gasteiger partial charge in [-0.15, -0.1) is 0 Å². The van der Waals surface area contributed by atoms with E-state index in [1.165, 1.54) is 12.1 Å². The zero-order valence-corrected chi connectivity index (χ0v) is 14.0. The van der Waals surface area contributed by atoms with Crippen LogP contribution in [0, 0.1) is 5.92 Å². The molecule has 0 bridgehead atoms. The van der Waals surface area contributed by atoms with Gasteiger partial charge in [0.1, 0.15) is 5.76 Å². The van der Waals surface area contributed by atoms with Crippen LogP contribution in [0.25, 0.3) is 0 Å². The van der Waals surface area contributed by atoms with Crippen molar-refractivity contribution in [1.82, 2.24) is 5.32 Å². The monoisotopic (exact) mass is 361 g/mol. The summed E-state index contributed by atoms with van der Waals surface area (Å²) in [6.07, 6.45) is 4.36. The van der Waals surface area contributed by atoms with Gasteiger partial charge in [0.15, 0.2) is 5.76 Å². The van der Waals surface area contributed by atoms with Crippen molar-refractivity contribution < 1.29 is 27.9 Å². The Morgan fingerprint density at radius 1 is 1.33 bits per heavy atom. The third kappa shape index (κ3) is 5.81. The summed E-state index contributed by atoms with van der Waals surface area (Å²) in [4.78, 5) is 23.0. The number of alkyl halides is 2. The van der Waals surface area contributed by atoms with Gasteiger partial charge in [0.2, 0.25) is 0 Å². The largest absolute Gasteiger partial charge is 0.481 e. The lowest BCUT2D eigenvalue weighted by Crippen LogP contribution is -2.42. The van der Waals surface area contributed by atoms with Crippen molar-refractivity contribution in [1.29, 1.82) is 0 Å². The summed E-state index contributed by atoms with van der Waals surface area (Å²) in [5, 5.41) is 11.7. The second kappa shape index (κ2) is 9.05. The molecule has 0 radical (unpaired) electrons. The fourth-order valence-corrected chi connectivity index (χ4v) is 3.46. The Labute approximate surface area is 143 Å². The smallest absolute Gasteiger partial charge is 0.303 e. The molecule has 134 valence electrons. The molecule has 2 atom stereocenters. The van der Waals surface area contributed by atoms with Crippen molar-refractivity contribution in [2.24, 2.45) is 5.92 Å². The van der Waals surface area contributed by atoms with Crippen molar-refractivity contribution in [3.05, 3.63) is 23.7 Å². The van der Waals surface area contributed by atoms with E-state index >= 15 is 0 Å². The van der Waals surface area contributed by atoms with Crippen LogP contribution >= 0.6 is 11.8 Å². The van der Waals surface area contributed by atoms with Crippen molar-refractivity contribution in [3.63, 3.8) is 0 Å². The molecule has 8 heteroatoms. The van der Waals surface area contributed by atoms with E-state index in [2.05, 4.69) is 5.32 Å².